The minimum Gasteiger partial charge on any atom is -0.464 e. The highest BCUT2D eigenvalue weighted by Gasteiger charge is 2.53. The number of nitrogens with zero attached hydrogens (tertiary/aromatic N) is 6. The number of amides is 2. The van der Waals surface area contributed by atoms with Crippen molar-refractivity contribution in [3.63, 3.8) is 0 Å². The second kappa shape index (κ2) is 19.3. The van der Waals surface area contributed by atoms with Crippen LogP contribution in [0.1, 0.15) is 95.3 Å². The number of hydrogen-bond acceptors (Lipinski definition) is 13. The van der Waals surface area contributed by atoms with Crippen LogP contribution in [0.4, 0.5) is 0 Å². The van der Waals surface area contributed by atoms with Crippen molar-refractivity contribution in [1.29, 1.82) is 0 Å². The predicted molar refractivity (Wildman–Crippen MR) is 264 cm³/mol. The standard InChI is InChI=1S/C53H66N8O7S/c1-9-60-42-13-12-35-25-38(42)40(47(60)39-22-34(27-54-44(39)33(5)65-8)11-10-30(2)58-14-18-66-19-15-58)26-53(6,7)29-68-52(64)45-36-23-37(24-36)61(57-45)51(63)46(56-49(62)43-31(3)32(43)4)48(50-55-41(35)28-69-50)59-16-20-67-21-17-59/h12-13,22,25,27-28,30,33,36-37,43,45-46,48,57H,9,14-21,23-24,26,29H2,1-8H3,(H,56,62)/t30-,33+,36?,37?,45+,46+,48+/m1/s1. The summed E-state index contributed by atoms with van der Waals surface area (Å²) in [5.74, 6) is 5.78. The Labute approximate surface area is 409 Å². The van der Waals surface area contributed by atoms with E-state index in [-0.39, 0.29) is 54.4 Å². The summed E-state index contributed by atoms with van der Waals surface area (Å²) in [5.41, 5.74) is 12.3. The van der Waals surface area contributed by atoms with Crippen molar-refractivity contribution in [2.24, 2.45) is 17.3 Å². The Hall–Kier alpha value is -4.99. The molecule has 0 spiro atoms. The zero-order valence-electron chi connectivity index (χ0n) is 41.2. The number of carbonyl (C=O) groups excluding carboxylic acids is 3. The molecule has 15 nitrogen and oxygen atoms in total. The zero-order valence-corrected chi connectivity index (χ0v) is 42.0. The van der Waals surface area contributed by atoms with Crippen LogP contribution >= 0.6 is 11.3 Å². The Kier molecular flexibility index (Phi) is 13.3. The van der Waals surface area contributed by atoms with Gasteiger partial charge in [0.05, 0.1) is 74.2 Å². The van der Waals surface area contributed by atoms with Gasteiger partial charge in [-0.1, -0.05) is 42.9 Å². The topological polar surface area (TPSA) is 153 Å². The molecule has 0 unspecified atom stereocenters. The quantitative estimate of drug-likeness (QED) is 0.120. The van der Waals surface area contributed by atoms with Gasteiger partial charge in [0, 0.05) is 90.5 Å². The van der Waals surface area contributed by atoms with Crippen molar-refractivity contribution in [2.45, 2.75) is 111 Å². The van der Waals surface area contributed by atoms with Crippen molar-refractivity contribution in [1.82, 2.24) is 40.1 Å². The number of rotatable bonds is 8. The maximum atomic E-state index is 15.2. The molecule has 69 heavy (non-hydrogen) atoms. The van der Waals surface area contributed by atoms with Gasteiger partial charge in [0.25, 0.3) is 5.91 Å². The molecule has 2 N–H and O–H groups in total. The van der Waals surface area contributed by atoms with Gasteiger partial charge >= 0.3 is 5.97 Å². The van der Waals surface area contributed by atoms with E-state index in [9.17, 15) is 9.59 Å². The first-order chi connectivity index (χ1) is 33.2. The Morgan fingerprint density at radius 2 is 1.77 bits per heavy atom. The van der Waals surface area contributed by atoms with Gasteiger partial charge in [-0.15, -0.1) is 11.3 Å². The predicted octanol–water partition coefficient (Wildman–Crippen LogP) is 6.07. The monoisotopic (exact) mass is 958 g/mol. The fourth-order valence-electron chi connectivity index (χ4n) is 11.1. The van der Waals surface area contributed by atoms with Crippen LogP contribution in [-0.4, -0.2) is 138 Å². The van der Waals surface area contributed by atoms with E-state index in [2.05, 4.69) is 94.3 Å². The molecule has 1 aromatic carbocycles. The molecular weight excluding hydrogens is 893 g/mol. The number of benzene rings is 1. The molecule has 366 valence electrons. The number of ether oxygens (including phenoxy) is 4. The number of aromatic nitrogens is 3. The summed E-state index contributed by atoms with van der Waals surface area (Å²) in [6.45, 7) is 20.6. The Balaban J connectivity index is 1.13. The van der Waals surface area contributed by atoms with Gasteiger partial charge in [-0.2, -0.15) is 0 Å². The van der Waals surface area contributed by atoms with Crippen LogP contribution in [0.25, 0.3) is 33.4 Å². The number of hydrogen-bond donors (Lipinski definition) is 2. The van der Waals surface area contributed by atoms with E-state index in [0.717, 1.165) is 79.5 Å². The largest absolute Gasteiger partial charge is 0.464 e. The molecule has 8 heterocycles. The number of esters is 1. The van der Waals surface area contributed by atoms with Crippen LogP contribution in [0.15, 0.2) is 47.0 Å². The van der Waals surface area contributed by atoms with E-state index >= 15 is 4.79 Å². The van der Waals surface area contributed by atoms with Gasteiger partial charge < -0.3 is 28.8 Å². The van der Waals surface area contributed by atoms with Crippen LogP contribution in [0, 0.1) is 29.1 Å². The van der Waals surface area contributed by atoms with Crippen LogP contribution < -0.4 is 10.7 Å². The van der Waals surface area contributed by atoms with Gasteiger partial charge in [-0.3, -0.25) is 34.2 Å². The second-order valence-electron chi connectivity index (χ2n) is 20.5. The average Bonchev–Trinajstić information content (AvgIpc) is 3.61. The normalized spacial score (nSPS) is 26.4. The Morgan fingerprint density at radius 1 is 1.04 bits per heavy atom. The number of cyclic esters (lactones) is 1. The van der Waals surface area contributed by atoms with Crippen LogP contribution in [-0.2, 0) is 46.3 Å². The lowest BCUT2D eigenvalue weighted by Crippen LogP contribution is -2.72. The van der Waals surface area contributed by atoms with Crippen molar-refractivity contribution < 1.29 is 33.3 Å². The molecule has 2 aliphatic carbocycles. The number of pyridine rings is 1. The number of methoxy groups -OCH3 is 1. The van der Waals surface area contributed by atoms with Crippen molar-refractivity contribution in [2.75, 3.05) is 66.3 Å². The molecule has 11 rings (SSSR count). The lowest BCUT2D eigenvalue weighted by molar-refractivity contribution is -0.172. The van der Waals surface area contributed by atoms with Crippen molar-refractivity contribution in [3.05, 3.63) is 68.8 Å². The van der Waals surface area contributed by atoms with Gasteiger partial charge in [-0.25, -0.2) is 10.4 Å². The summed E-state index contributed by atoms with van der Waals surface area (Å²) in [6.07, 6.45) is 3.44. The second-order valence-corrected chi connectivity index (χ2v) is 21.4. The van der Waals surface area contributed by atoms with E-state index in [0.29, 0.717) is 65.3 Å². The molecular formula is C53H66N8O7S. The highest BCUT2D eigenvalue weighted by molar-refractivity contribution is 7.10. The third-order valence-electron chi connectivity index (χ3n) is 15.5. The summed E-state index contributed by atoms with van der Waals surface area (Å²) >= 11 is 1.50. The summed E-state index contributed by atoms with van der Waals surface area (Å²) in [4.78, 5) is 58.7. The molecule has 0 radical (unpaired) electrons. The SMILES string of the molecule is CCn1c(-c2cc(C#C[C@@H](C)N3CCOCC3)cnc2[C@H](C)OC)c2c3cc(ccc31)-c1csc(n1)[C@@H](N1CCOCC1)[C@H](NC(=O)C1C(C)=C1C)C(=O)N1N[C@H](C(=O)OCC(C)(C)C2)C2CC1C2. The van der Waals surface area contributed by atoms with E-state index in [1.807, 2.05) is 27.0 Å². The number of fused-ring (bicyclic) bond motifs is 4. The maximum absolute atomic E-state index is 15.2. The highest BCUT2D eigenvalue weighted by Crippen LogP contribution is 2.45. The number of carbonyl (C=O) groups is 3. The molecule has 5 aliphatic heterocycles. The molecule has 16 heteroatoms. The minimum absolute atomic E-state index is 0.0271. The highest BCUT2D eigenvalue weighted by atomic mass is 32.1. The molecule has 8 bridgehead atoms. The van der Waals surface area contributed by atoms with Gasteiger partial charge in [0.1, 0.15) is 17.1 Å². The molecule has 2 amide bonds. The first-order valence-corrected chi connectivity index (χ1v) is 25.7. The summed E-state index contributed by atoms with van der Waals surface area (Å²) in [5, 5.41) is 8.73. The summed E-state index contributed by atoms with van der Waals surface area (Å²) in [6, 6.07) is 6.33. The van der Waals surface area contributed by atoms with E-state index in [1.165, 1.54) is 11.3 Å². The van der Waals surface area contributed by atoms with E-state index < -0.39 is 23.5 Å². The minimum atomic E-state index is -0.995. The molecule has 5 atom stereocenters. The Bertz CT molecular complexity index is 2720. The van der Waals surface area contributed by atoms with Gasteiger partial charge in [-0.05, 0) is 83.6 Å². The lowest BCUT2D eigenvalue weighted by Gasteiger charge is -2.53. The molecule has 7 aliphatic rings. The number of thiazole rings is 1. The summed E-state index contributed by atoms with van der Waals surface area (Å²) < 4.78 is 26.1. The zero-order chi connectivity index (χ0) is 48.3. The maximum Gasteiger partial charge on any atom is 0.325 e. The Morgan fingerprint density at radius 3 is 2.46 bits per heavy atom. The van der Waals surface area contributed by atoms with E-state index in [1.54, 1.807) is 12.1 Å². The smallest absolute Gasteiger partial charge is 0.325 e. The third kappa shape index (κ3) is 9.16. The fraction of sp³-hybridized carbons (Fsp3) is 0.566. The average molecular weight is 959 g/mol. The van der Waals surface area contributed by atoms with Crippen molar-refractivity contribution >= 4 is 40.0 Å². The third-order valence-corrected chi connectivity index (χ3v) is 16.4. The number of aryl methyl sites for hydroxylation is 1. The summed E-state index contributed by atoms with van der Waals surface area (Å²) in [7, 11) is 1.71. The van der Waals surface area contributed by atoms with Crippen LogP contribution in [0.3, 0.4) is 0 Å². The van der Waals surface area contributed by atoms with Crippen LogP contribution in [0.5, 0.6) is 0 Å². The lowest BCUT2D eigenvalue weighted by atomic mass is 9.73. The molecule has 5 fully saturated rings. The molecule has 3 aromatic heterocycles. The fourth-order valence-corrected chi connectivity index (χ4v) is 12.1. The van der Waals surface area contributed by atoms with Crippen LogP contribution in [0.2, 0.25) is 0 Å². The number of nitrogens with one attached hydrogen (secondary N) is 2. The van der Waals surface area contributed by atoms with Gasteiger partial charge in [0.2, 0.25) is 5.91 Å². The van der Waals surface area contributed by atoms with E-state index in [4.69, 9.17) is 28.9 Å². The molecule has 1 saturated carbocycles. The first-order valence-electron chi connectivity index (χ1n) is 24.8. The van der Waals surface area contributed by atoms with Gasteiger partial charge in [0.15, 0.2) is 0 Å². The molecule has 4 aromatic rings. The van der Waals surface area contributed by atoms with Crippen molar-refractivity contribution in [3.8, 4) is 34.4 Å². The number of hydrazine groups is 1. The number of morpholine rings is 2. The molecule has 4 saturated heterocycles. The first kappa shape index (κ1) is 47.7.